The summed E-state index contributed by atoms with van der Waals surface area (Å²) in [6.45, 7) is 1.92. The molecule has 0 saturated carbocycles. The molecule has 2 rings (SSSR count). The van der Waals surface area contributed by atoms with Gasteiger partial charge in [-0.2, -0.15) is 0 Å². The number of phenolic OH excluding ortho intramolecular Hbond substituents is 1. The van der Waals surface area contributed by atoms with Gasteiger partial charge in [-0.3, -0.25) is 0 Å². The van der Waals surface area contributed by atoms with Crippen LogP contribution in [0.5, 0.6) is 5.75 Å². The summed E-state index contributed by atoms with van der Waals surface area (Å²) < 4.78 is 5.19. The first-order valence-electron chi connectivity index (χ1n) is 3.55. The van der Waals surface area contributed by atoms with Crippen molar-refractivity contribution < 1.29 is 9.52 Å². The molecule has 0 radical (unpaired) electrons. The average molecular weight is 183 g/mol. The molecule has 12 heavy (non-hydrogen) atoms. The van der Waals surface area contributed by atoms with E-state index in [0.717, 1.165) is 10.9 Å². The minimum atomic E-state index is 0.0914. The third-order valence-electron chi connectivity index (χ3n) is 1.84. The van der Waals surface area contributed by atoms with Gasteiger partial charge in [0.1, 0.15) is 11.3 Å². The normalized spacial score (nSPS) is 10.8. The van der Waals surface area contributed by atoms with Gasteiger partial charge in [0.25, 0.3) is 0 Å². The molecule has 0 saturated heterocycles. The number of benzene rings is 1. The minimum absolute atomic E-state index is 0.0914. The molecule has 1 heterocycles. The van der Waals surface area contributed by atoms with Crippen LogP contribution < -0.4 is 0 Å². The van der Waals surface area contributed by atoms with Crippen LogP contribution in [0.3, 0.4) is 0 Å². The molecule has 3 heteroatoms. The van der Waals surface area contributed by atoms with Crippen molar-refractivity contribution in [3.63, 3.8) is 0 Å². The molecule has 0 amide bonds. The van der Waals surface area contributed by atoms with Crippen molar-refractivity contribution in [1.29, 1.82) is 0 Å². The van der Waals surface area contributed by atoms with Gasteiger partial charge in [0.2, 0.25) is 0 Å². The zero-order chi connectivity index (χ0) is 8.72. The van der Waals surface area contributed by atoms with Gasteiger partial charge in [0.05, 0.1) is 11.3 Å². The number of hydrogen-bond donors (Lipinski definition) is 1. The van der Waals surface area contributed by atoms with Crippen molar-refractivity contribution in [2.24, 2.45) is 0 Å². The fraction of sp³-hybridized carbons (Fsp3) is 0.111. The number of halogens is 1. The highest BCUT2D eigenvalue weighted by Gasteiger charge is 2.06. The quantitative estimate of drug-likeness (QED) is 0.679. The fourth-order valence-corrected chi connectivity index (χ4v) is 1.32. The summed E-state index contributed by atoms with van der Waals surface area (Å²) in [5, 5.41) is 10.5. The van der Waals surface area contributed by atoms with Gasteiger partial charge in [-0.1, -0.05) is 11.6 Å². The lowest BCUT2D eigenvalue weighted by Crippen LogP contribution is -1.70. The Labute approximate surface area is 74.4 Å². The summed E-state index contributed by atoms with van der Waals surface area (Å²) in [7, 11) is 0. The highest BCUT2D eigenvalue weighted by atomic mass is 35.5. The van der Waals surface area contributed by atoms with Gasteiger partial charge in [-0.05, 0) is 18.6 Å². The van der Waals surface area contributed by atoms with Crippen molar-refractivity contribution in [1.82, 2.24) is 0 Å². The van der Waals surface area contributed by atoms with Crippen LogP contribution in [-0.4, -0.2) is 5.11 Å². The fourth-order valence-electron chi connectivity index (χ4n) is 1.16. The molecule has 0 atom stereocenters. The summed E-state index contributed by atoms with van der Waals surface area (Å²) in [6.07, 6.45) is 1.64. The van der Waals surface area contributed by atoms with E-state index in [-0.39, 0.29) is 5.75 Å². The van der Waals surface area contributed by atoms with Crippen LogP contribution in [0.25, 0.3) is 11.0 Å². The van der Waals surface area contributed by atoms with Crippen molar-refractivity contribution in [3.8, 4) is 5.75 Å². The summed E-state index contributed by atoms with van der Waals surface area (Å²) in [5.74, 6) is 0.0914. The number of aryl methyl sites for hydroxylation is 1. The van der Waals surface area contributed by atoms with Crippen LogP contribution in [0.2, 0.25) is 5.02 Å². The molecule has 0 aliphatic rings. The summed E-state index contributed by atoms with van der Waals surface area (Å²) in [6, 6.07) is 3.22. The second-order valence-electron chi connectivity index (χ2n) is 2.72. The molecule has 1 aromatic carbocycles. The Kier molecular flexibility index (Phi) is 1.51. The van der Waals surface area contributed by atoms with E-state index < -0.39 is 0 Å². The number of furan rings is 1. The van der Waals surface area contributed by atoms with E-state index in [1.165, 1.54) is 0 Å². The van der Waals surface area contributed by atoms with Crippen LogP contribution >= 0.6 is 11.6 Å². The molecule has 0 aliphatic carbocycles. The maximum atomic E-state index is 9.29. The smallest absolute Gasteiger partial charge is 0.135 e. The van der Waals surface area contributed by atoms with Crippen LogP contribution in [0.1, 0.15) is 5.56 Å². The standard InChI is InChI=1S/C9H7ClO2/c1-5-4-12-9-3-7(10)8(11)2-6(5)9/h2-4,11H,1H3. The Morgan fingerprint density at radius 2 is 2.17 bits per heavy atom. The van der Waals surface area contributed by atoms with Gasteiger partial charge in [0, 0.05) is 11.5 Å². The molecule has 62 valence electrons. The van der Waals surface area contributed by atoms with Crippen LogP contribution in [0.4, 0.5) is 0 Å². The topological polar surface area (TPSA) is 33.4 Å². The van der Waals surface area contributed by atoms with Gasteiger partial charge < -0.3 is 9.52 Å². The molecule has 0 aliphatic heterocycles. The lowest BCUT2D eigenvalue weighted by molar-refractivity contribution is 0.476. The van der Waals surface area contributed by atoms with Gasteiger partial charge in [0.15, 0.2) is 0 Å². The van der Waals surface area contributed by atoms with Gasteiger partial charge in [-0.25, -0.2) is 0 Å². The summed E-state index contributed by atoms with van der Waals surface area (Å²) in [4.78, 5) is 0. The Bertz CT molecular complexity index is 431. The Morgan fingerprint density at radius 3 is 2.92 bits per heavy atom. The van der Waals surface area contributed by atoms with Crippen LogP contribution in [0, 0.1) is 6.92 Å². The SMILES string of the molecule is Cc1coc2cc(Cl)c(O)cc12. The Morgan fingerprint density at radius 1 is 1.42 bits per heavy atom. The molecule has 0 bridgehead atoms. The first kappa shape index (κ1) is 7.50. The van der Waals surface area contributed by atoms with E-state index in [4.69, 9.17) is 16.0 Å². The second-order valence-corrected chi connectivity index (χ2v) is 3.13. The maximum Gasteiger partial charge on any atom is 0.135 e. The van der Waals surface area contributed by atoms with Crippen molar-refractivity contribution >= 4 is 22.6 Å². The first-order chi connectivity index (χ1) is 5.68. The zero-order valence-corrected chi connectivity index (χ0v) is 7.22. The van der Waals surface area contributed by atoms with E-state index in [1.54, 1.807) is 18.4 Å². The lowest BCUT2D eigenvalue weighted by Gasteiger charge is -1.95. The highest BCUT2D eigenvalue weighted by Crippen LogP contribution is 2.31. The molecule has 1 aromatic heterocycles. The summed E-state index contributed by atoms with van der Waals surface area (Å²) in [5.41, 5.74) is 1.70. The first-order valence-corrected chi connectivity index (χ1v) is 3.92. The van der Waals surface area contributed by atoms with E-state index >= 15 is 0 Å². The van der Waals surface area contributed by atoms with Crippen molar-refractivity contribution in [2.45, 2.75) is 6.92 Å². The molecule has 0 spiro atoms. The predicted molar refractivity (Wildman–Crippen MR) is 47.6 cm³/mol. The minimum Gasteiger partial charge on any atom is -0.506 e. The predicted octanol–water partition coefficient (Wildman–Crippen LogP) is 3.10. The number of fused-ring (bicyclic) bond motifs is 1. The number of hydrogen-bond acceptors (Lipinski definition) is 2. The van der Waals surface area contributed by atoms with Crippen molar-refractivity contribution in [3.05, 3.63) is 29.0 Å². The molecule has 1 N–H and O–H groups in total. The third kappa shape index (κ3) is 0.959. The molecule has 0 fully saturated rings. The molecule has 0 unspecified atom stereocenters. The zero-order valence-electron chi connectivity index (χ0n) is 6.47. The van der Waals surface area contributed by atoms with E-state index in [1.807, 2.05) is 6.92 Å². The molecule has 2 nitrogen and oxygen atoms in total. The third-order valence-corrected chi connectivity index (χ3v) is 2.14. The van der Waals surface area contributed by atoms with E-state index in [2.05, 4.69) is 0 Å². The highest BCUT2D eigenvalue weighted by molar-refractivity contribution is 6.32. The van der Waals surface area contributed by atoms with Crippen LogP contribution in [-0.2, 0) is 0 Å². The number of phenols is 1. The van der Waals surface area contributed by atoms with E-state index in [9.17, 15) is 5.11 Å². The number of aromatic hydroxyl groups is 1. The Balaban J connectivity index is 2.87. The van der Waals surface area contributed by atoms with Gasteiger partial charge >= 0.3 is 0 Å². The van der Waals surface area contributed by atoms with Crippen molar-refractivity contribution in [2.75, 3.05) is 0 Å². The molecular formula is C9H7ClO2. The Hall–Kier alpha value is -1.15. The monoisotopic (exact) mass is 182 g/mol. The number of rotatable bonds is 0. The molecule has 2 aromatic rings. The van der Waals surface area contributed by atoms with Crippen LogP contribution in [0.15, 0.2) is 22.8 Å². The maximum absolute atomic E-state index is 9.29. The lowest BCUT2D eigenvalue weighted by atomic mass is 10.2. The van der Waals surface area contributed by atoms with Gasteiger partial charge in [-0.15, -0.1) is 0 Å². The second kappa shape index (κ2) is 2.42. The molecular weight excluding hydrogens is 176 g/mol. The summed E-state index contributed by atoms with van der Waals surface area (Å²) >= 11 is 5.69. The average Bonchev–Trinajstić information content (AvgIpc) is 2.35. The largest absolute Gasteiger partial charge is 0.506 e. The van der Waals surface area contributed by atoms with E-state index in [0.29, 0.717) is 10.6 Å².